The average molecular weight is 213 g/mol. The lowest BCUT2D eigenvalue weighted by Gasteiger charge is -2.22. The lowest BCUT2D eigenvalue weighted by molar-refractivity contribution is 0.0527. The molecule has 1 saturated heterocycles. The Kier molecular flexibility index (Phi) is 6.44. The summed E-state index contributed by atoms with van der Waals surface area (Å²) < 4.78 is 5.16. The number of nitrogens with zero attached hydrogens (tertiary/aromatic N) is 1. The maximum absolute atomic E-state index is 9.72. The molecular formula is C12H23NO2. The molecule has 3 nitrogen and oxygen atoms in total. The summed E-state index contributed by atoms with van der Waals surface area (Å²) in [5, 5.41) is 9.72. The molecule has 1 rings (SSSR count). The predicted octanol–water partition coefficient (Wildman–Crippen LogP) is 1.77. The van der Waals surface area contributed by atoms with E-state index >= 15 is 0 Å². The third-order valence-corrected chi connectivity index (χ3v) is 2.69. The molecule has 1 heterocycles. The Morgan fingerprint density at radius 3 is 2.53 bits per heavy atom. The Morgan fingerprint density at radius 1 is 1.27 bits per heavy atom. The molecule has 0 aliphatic carbocycles. The molecule has 0 aromatic heterocycles. The highest BCUT2D eigenvalue weighted by Crippen LogP contribution is 2.09. The maximum atomic E-state index is 9.72. The van der Waals surface area contributed by atoms with Crippen molar-refractivity contribution in [3.05, 3.63) is 12.3 Å². The molecule has 88 valence electrons. The number of allylic oxidation sites excluding steroid dienone is 1. The third-order valence-electron chi connectivity index (χ3n) is 2.69. The number of aliphatic hydroxyl groups excluding tert-OH is 1. The van der Waals surface area contributed by atoms with Gasteiger partial charge in [0.25, 0.3) is 0 Å². The number of ether oxygens (including phenoxy) is 1. The van der Waals surface area contributed by atoms with Crippen molar-refractivity contribution in [3.63, 3.8) is 0 Å². The molecule has 0 radical (unpaired) electrons. The lowest BCUT2D eigenvalue weighted by atomic mass is 10.2. The maximum Gasteiger partial charge on any atom is 0.114 e. The number of aliphatic hydroxyl groups is 1. The van der Waals surface area contributed by atoms with Crippen molar-refractivity contribution >= 4 is 0 Å². The van der Waals surface area contributed by atoms with Crippen molar-refractivity contribution in [3.8, 4) is 0 Å². The van der Waals surface area contributed by atoms with Gasteiger partial charge in [0.2, 0.25) is 0 Å². The first-order chi connectivity index (χ1) is 7.33. The van der Waals surface area contributed by atoms with Crippen LogP contribution in [0.2, 0.25) is 0 Å². The fourth-order valence-electron chi connectivity index (χ4n) is 1.93. The Labute approximate surface area is 92.7 Å². The number of rotatable bonds is 5. The monoisotopic (exact) mass is 213 g/mol. The zero-order valence-electron chi connectivity index (χ0n) is 9.69. The van der Waals surface area contributed by atoms with Crippen molar-refractivity contribution in [2.24, 2.45) is 0 Å². The first-order valence-corrected chi connectivity index (χ1v) is 5.96. The molecule has 0 saturated carbocycles. The number of hydrogen-bond acceptors (Lipinski definition) is 3. The van der Waals surface area contributed by atoms with E-state index in [-0.39, 0.29) is 6.10 Å². The third kappa shape index (κ3) is 5.80. The zero-order valence-corrected chi connectivity index (χ0v) is 9.69. The van der Waals surface area contributed by atoms with Gasteiger partial charge in [0.1, 0.15) is 12.7 Å². The summed E-state index contributed by atoms with van der Waals surface area (Å²) in [6, 6.07) is 0. The molecule has 3 heteroatoms. The van der Waals surface area contributed by atoms with Crippen LogP contribution in [0.1, 0.15) is 32.6 Å². The number of β-amino-alcohol motifs (C(OH)–C–C–N with tert-alkyl or cyclic N) is 1. The second-order valence-corrected chi connectivity index (χ2v) is 4.17. The van der Waals surface area contributed by atoms with Crippen LogP contribution in [-0.2, 0) is 4.74 Å². The predicted molar refractivity (Wildman–Crippen MR) is 61.7 cm³/mol. The van der Waals surface area contributed by atoms with Gasteiger partial charge in [-0.2, -0.15) is 0 Å². The standard InChI is InChI=1S/C12H23NO2/c1-2-9-15-11-12(14)10-13-7-5-3-4-6-8-13/h2,9,12,14H,3-8,10-11H2,1H3/b9-2+. The first-order valence-electron chi connectivity index (χ1n) is 5.96. The molecule has 1 N–H and O–H groups in total. The van der Waals surface area contributed by atoms with Gasteiger partial charge in [0, 0.05) is 6.54 Å². The molecule has 1 aliphatic heterocycles. The molecule has 1 unspecified atom stereocenters. The molecule has 1 fully saturated rings. The molecule has 0 amide bonds. The van der Waals surface area contributed by atoms with Crippen molar-refractivity contribution in [1.82, 2.24) is 4.90 Å². The minimum absolute atomic E-state index is 0.362. The number of hydrogen-bond donors (Lipinski definition) is 1. The fraction of sp³-hybridized carbons (Fsp3) is 0.833. The molecule has 0 spiro atoms. The summed E-state index contributed by atoms with van der Waals surface area (Å²) in [6.45, 7) is 5.31. The van der Waals surface area contributed by atoms with Crippen molar-refractivity contribution in [1.29, 1.82) is 0 Å². The molecule has 0 aromatic carbocycles. The summed E-state index contributed by atoms with van der Waals surface area (Å²) in [5.74, 6) is 0. The van der Waals surface area contributed by atoms with Gasteiger partial charge in [-0.05, 0) is 32.9 Å². The molecule has 0 bridgehead atoms. The smallest absolute Gasteiger partial charge is 0.114 e. The van der Waals surface area contributed by atoms with Crippen LogP contribution in [0, 0.1) is 0 Å². The second-order valence-electron chi connectivity index (χ2n) is 4.17. The van der Waals surface area contributed by atoms with Crippen LogP contribution in [-0.4, -0.2) is 42.4 Å². The molecule has 1 aliphatic rings. The van der Waals surface area contributed by atoms with E-state index in [1.165, 1.54) is 25.7 Å². The Bertz CT molecular complexity index is 174. The molecule has 0 aromatic rings. The van der Waals surface area contributed by atoms with Gasteiger partial charge in [-0.3, -0.25) is 0 Å². The van der Waals surface area contributed by atoms with Crippen LogP contribution < -0.4 is 0 Å². The summed E-state index contributed by atoms with van der Waals surface area (Å²) in [5.41, 5.74) is 0. The highest BCUT2D eigenvalue weighted by molar-refractivity contribution is 4.70. The highest BCUT2D eigenvalue weighted by Gasteiger charge is 2.13. The van der Waals surface area contributed by atoms with E-state index < -0.39 is 0 Å². The quantitative estimate of drug-likeness (QED) is 0.707. The SMILES string of the molecule is C/C=C/OCC(O)CN1CCCCCC1. The van der Waals surface area contributed by atoms with Gasteiger partial charge in [0.05, 0.1) is 6.26 Å². The Hall–Kier alpha value is -0.540. The van der Waals surface area contributed by atoms with E-state index in [9.17, 15) is 5.11 Å². The van der Waals surface area contributed by atoms with Crippen LogP contribution in [0.15, 0.2) is 12.3 Å². The van der Waals surface area contributed by atoms with Crippen LogP contribution >= 0.6 is 0 Å². The van der Waals surface area contributed by atoms with E-state index in [1.54, 1.807) is 6.26 Å². The van der Waals surface area contributed by atoms with Crippen LogP contribution in [0.4, 0.5) is 0 Å². The van der Waals surface area contributed by atoms with E-state index in [0.717, 1.165) is 19.6 Å². The van der Waals surface area contributed by atoms with Gasteiger partial charge in [0.15, 0.2) is 0 Å². The molecule has 1 atom stereocenters. The highest BCUT2D eigenvalue weighted by atomic mass is 16.5. The van der Waals surface area contributed by atoms with Gasteiger partial charge >= 0.3 is 0 Å². The summed E-state index contributed by atoms with van der Waals surface area (Å²) in [6.07, 6.45) is 8.30. The van der Waals surface area contributed by atoms with E-state index in [0.29, 0.717) is 6.61 Å². The van der Waals surface area contributed by atoms with Crippen molar-refractivity contribution in [2.45, 2.75) is 38.7 Å². The Morgan fingerprint density at radius 2 is 1.93 bits per heavy atom. The van der Waals surface area contributed by atoms with Crippen LogP contribution in [0.3, 0.4) is 0 Å². The van der Waals surface area contributed by atoms with Crippen LogP contribution in [0.25, 0.3) is 0 Å². The normalized spacial score (nSPS) is 21.5. The van der Waals surface area contributed by atoms with Gasteiger partial charge in [-0.25, -0.2) is 0 Å². The molecule has 15 heavy (non-hydrogen) atoms. The van der Waals surface area contributed by atoms with E-state index in [1.807, 2.05) is 13.0 Å². The van der Waals surface area contributed by atoms with Crippen molar-refractivity contribution < 1.29 is 9.84 Å². The summed E-state index contributed by atoms with van der Waals surface area (Å²) in [4.78, 5) is 2.34. The first kappa shape index (κ1) is 12.5. The van der Waals surface area contributed by atoms with E-state index in [2.05, 4.69) is 4.90 Å². The van der Waals surface area contributed by atoms with Gasteiger partial charge in [-0.1, -0.05) is 18.9 Å². The number of likely N-dealkylation sites (tertiary alicyclic amines) is 1. The minimum atomic E-state index is -0.362. The minimum Gasteiger partial charge on any atom is -0.499 e. The van der Waals surface area contributed by atoms with Gasteiger partial charge in [-0.15, -0.1) is 0 Å². The zero-order chi connectivity index (χ0) is 10.9. The largest absolute Gasteiger partial charge is 0.499 e. The average Bonchev–Trinajstić information content (AvgIpc) is 2.47. The van der Waals surface area contributed by atoms with Crippen molar-refractivity contribution in [2.75, 3.05) is 26.2 Å². The second kappa shape index (κ2) is 7.71. The van der Waals surface area contributed by atoms with Crippen LogP contribution in [0.5, 0.6) is 0 Å². The summed E-state index contributed by atoms with van der Waals surface area (Å²) in [7, 11) is 0. The Balaban J connectivity index is 2.14. The van der Waals surface area contributed by atoms with E-state index in [4.69, 9.17) is 4.74 Å². The van der Waals surface area contributed by atoms with Gasteiger partial charge < -0.3 is 14.7 Å². The topological polar surface area (TPSA) is 32.7 Å². The lowest BCUT2D eigenvalue weighted by Crippen LogP contribution is -2.35. The molecular weight excluding hydrogens is 190 g/mol. The summed E-state index contributed by atoms with van der Waals surface area (Å²) >= 11 is 0. The fourth-order valence-corrected chi connectivity index (χ4v) is 1.93.